The average molecular weight is 1130 g/mol. The summed E-state index contributed by atoms with van der Waals surface area (Å²) < 4.78 is 36.4. The van der Waals surface area contributed by atoms with E-state index in [2.05, 4.69) is 16.2 Å². The van der Waals surface area contributed by atoms with Gasteiger partial charge in [0, 0.05) is 60.4 Å². The van der Waals surface area contributed by atoms with E-state index in [0.717, 1.165) is 86.2 Å². The Balaban J connectivity index is 0.000000191. The molecule has 2 fully saturated rings. The van der Waals surface area contributed by atoms with Crippen LogP contribution >= 0.6 is 46.4 Å². The van der Waals surface area contributed by atoms with Crippen molar-refractivity contribution in [2.45, 2.75) is 77.7 Å². The van der Waals surface area contributed by atoms with Crippen LogP contribution in [0.2, 0.25) is 20.1 Å². The average Bonchev–Trinajstić information content (AvgIpc) is 3.83. The molecule has 0 aliphatic carbocycles. The van der Waals surface area contributed by atoms with Gasteiger partial charge in [0.25, 0.3) is 11.8 Å². The van der Waals surface area contributed by atoms with Gasteiger partial charge in [-0.1, -0.05) is 83.5 Å². The maximum absolute atomic E-state index is 13.8. The minimum absolute atomic E-state index is 0.170. The van der Waals surface area contributed by atoms with Crippen LogP contribution in [-0.2, 0) is 17.6 Å². The Morgan fingerprint density at radius 3 is 1.53 bits per heavy atom. The molecule has 6 aromatic rings. The number of hydrogen-bond donors (Lipinski definition) is 3. The second-order valence-corrected chi connectivity index (χ2v) is 22.1. The molecule has 0 atom stereocenters. The predicted octanol–water partition coefficient (Wildman–Crippen LogP) is 11.9. The Labute approximate surface area is 466 Å². The summed E-state index contributed by atoms with van der Waals surface area (Å²) in [6.45, 7) is 10.4. The minimum Gasteiger partial charge on any atom is -0.444 e. The van der Waals surface area contributed by atoms with Gasteiger partial charge in [0.2, 0.25) is 0 Å². The van der Waals surface area contributed by atoms with Crippen molar-refractivity contribution in [2.75, 3.05) is 52.4 Å². The van der Waals surface area contributed by atoms with Crippen molar-refractivity contribution >= 4 is 87.6 Å². The van der Waals surface area contributed by atoms with Crippen LogP contribution < -0.4 is 16.2 Å². The number of ether oxygens (including phenoxy) is 1. The van der Waals surface area contributed by atoms with Gasteiger partial charge in [-0.3, -0.25) is 20.4 Å². The number of carbonyl (C=O) groups is 3. The number of nitrogens with one attached hydrogen (secondary N) is 3. The van der Waals surface area contributed by atoms with Crippen molar-refractivity contribution in [3.63, 3.8) is 0 Å². The zero-order valence-corrected chi connectivity index (χ0v) is 46.1. The first-order valence-corrected chi connectivity index (χ1v) is 27.4. The zero-order chi connectivity index (χ0) is 54.4. The molecule has 10 rings (SSSR count). The van der Waals surface area contributed by atoms with E-state index in [-0.39, 0.29) is 35.7 Å². The summed E-state index contributed by atoms with van der Waals surface area (Å²) in [5.74, 6) is -1.20. The minimum atomic E-state index is -0.690. The number of benzene rings is 4. The molecule has 404 valence electrons. The van der Waals surface area contributed by atoms with E-state index in [9.17, 15) is 23.2 Å². The molecule has 77 heavy (non-hydrogen) atoms. The fraction of sp³-hybridized carbons (Fsp3) is 0.351. The molecule has 4 aromatic carbocycles. The molecular weight excluding hydrogens is 1070 g/mol. The number of piperidine rings is 2. The molecular formula is C57H60Cl4F2N10O4. The first-order valence-electron chi connectivity index (χ1n) is 25.9. The molecule has 4 aliphatic heterocycles. The fourth-order valence-corrected chi connectivity index (χ4v) is 10.8. The Morgan fingerprint density at radius 2 is 1.06 bits per heavy atom. The molecule has 0 radical (unpaired) electrons. The molecule has 0 bridgehead atoms. The summed E-state index contributed by atoms with van der Waals surface area (Å²) in [5.41, 5.74) is 13.4. The van der Waals surface area contributed by atoms with Crippen LogP contribution in [0.1, 0.15) is 114 Å². The van der Waals surface area contributed by atoms with Crippen LogP contribution in [0.15, 0.2) is 84.9 Å². The molecule has 0 unspecified atom stereocenters. The molecule has 0 spiro atoms. The smallest absolute Gasteiger partial charge is 0.410 e. The van der Waals surface area contributed by atoms with E-state index >= 15 is 0 Å². The number of aromatic nitrogens is 4. The Bertz CT molecular complexity index is 3200. The molecule has 3 N–H and O–H groups in total. The van der Waals surface area contributed by atoms with E-state index in [1.165, 1.54) is 30.7 Å². The van der Waals surface area contributed by atoms with Gasteiger partial charge < -0.3 is 15.0 Å². The Kier molecular flexibility index (Phi) is 17.8. The summed E-state index contributed by atoms with van der Waals surface area (Å²) in [4.78, 5) is 42.1. The van der Waals surface area contributed by atoms with Crippen LogP contribution in [0.4, 0.5) is 13.6 Å². The summed E-state index contributed by atoms with van der Waals surface area (Å²) in [7, 11) is 0. The highest BCUT2D eigenvalue weighted by Crippen LogP contribution is 2.36. The number of rotatable bonds is 8. The largest absolute Gasteiger partial charge is 0.444 e. The number of halogens is 6. The highest BCUT2D eigenvalue weighted by Gasteiger charge is 2.34. The number of fused-ring (bicyclic) bond motifs is 2. The van der Waals surface area contributed by atoms with Gasteiger partial charge in [0.1, 0.15) is 17.2 Å². The lowest BCUT2D eigenvalue weighted by molar-refractivity contribution is 0.0279. The summed E-state index contributed by atoms with van der Waals surface area (Å²) in [6, 6.07) is 22.7. The summed E-state index contributed by atoms with van der Waals surface area (Å²) in [6.07, 6.45) is 10.8. The third kappa shape index (κ3) is 13.8. The quantitative estimate of drug-likeness (QED) is 0.136. The van der Waals surface area contributed by atoms with Crippen LogP contribution in [0.3, 0.4) is 0 Å². The number of nitrogens with zero attached hydrogens (tertiary/aromatic N) is 7. The maximum Gasteiger partial charge on any atom is 0.410 e. The van der Waals surface area contributed by atoms with E-state index in [0.29, 0.717) is 86.5 Å². The molecule has 6 heterocycles. The van der Waals surface area contributed by atoms with E-state index in [1.807, 2.05) is 42.9 Å². The van der Waals surface area contributed by atoms with Crippen molar-refractivity contribution in [3.8, 4) is 11.4 Å². The number of hydrazine groups is 2. The first-order chi connectivity index (χ1) is 37.0. The van der Waals surface area contributed by atoms with E-state index in [4.69, 9.17) is 61.3 Å². The van der Waals surface area contributed by atoms with Crippen molar-refractivity contribution in [2.24, 2.45) is 0 Å². The lowest BCUT2D eigenvalue weighted by Crippen LogP contribution is -2.45. The Hall–Kier alpha value is -6.11. The fourth-order valence-electron chi connectivity index (χ4n) is 9.82. The third-order valence-corrected chi connectivity index (χ3v) is 14.5. The molecule has 2 aromatic heterocycles. The van der Waals surface area contributed by atoms with Crippen LogP contribution in [0, 0.1) is 11.6 Å². The van der Waals surface area contributed by atoms with Gasteiger partial charge in [0.05, 0.1) is 39.4 Å². The normalized spacial score (nSPS) is 17.4. The summed E-state index contributed by atoms with van der Waals surface area (Å²) >= 11 is 25.6. The maximum atomic E-state index is 13.8. The molecule has 20 heteroatoms. The topological polar surface area (TPSA) is 142 Å². The zero-order valence-electron chi connectivity index (χ0n) is 43.1. The van der Waals surface area contributed by atoms with Gasteiger partial charge in [-0.2, -0.15) is 10.2 Å². The lowest BCUT2D eigenvalue weighted by Gasteiger charge is -2.27. The van der Waals surface area contributed by atoms with Gasteiger partial charge in [0.15, 0.2) is 11.4 Å². The van der Waals surface area contributed by atoms with Gasteiger partial charge in [-0.05, 0) is 161 Å². The van der Waals surface area contributed by atoms with E-state index in [1.54, 1.807) is 74.9 Å². The molecule has 2 saturated heterocycles. The SMILES string of the molecule is CC(C)(C)OC(=O)N1CCc2c(C(=O)NN3CCCCC3)nn(-c3ccc(Cl)cc3Cl)c2/C(=C/c2ccc(F)cc2)C1.O=C(NN1CCCCC1)c1nn(-c2ccc(Cl)cc2Cl)c2c1CCNC/C2=C\c1ccc(F)cc1. The highest BCUT2D eigenvalue weighted by atomic mass is 35.5. The van der Waals surface area contributed by atoms with Crippen molar-refractivity contribution in [1.82, 2.24) is 50.6 Å². The molecule has 4 aliphatic rings. The lowest BCUT2D eigenvalue weighted by atomic mass is 10.0. The van der Waals surface area contributed by atoms with Crippen LogP contribution in [0.25, 0.3) is 34.7 Å². The number of carbonyl (C=O) groups excluding carboxylic acids is 3. The summed E-state index contributed by atoms with van der Waals surface area (Å²) in [5, 5.41) is 18.7. The second kappa shape index (κ2) is 24.7. The second-order valence-electron chi connectivity index (χ2n) is 20.4. The molecule has 0 saturated carbocycles. The monoisotopic (exact) mass is 1130 g/mol. The number of hydrogen-bond acceptors (Lipinski definition) is 9. The van der Waals surface area contributed by atoms with Gasteiger partial charge in [-0.15, -0.1) is 0 Å². The molecule has 14 nitrogen and oxygen atoms in total. The van der Waals surface area contributed by atoms with E-state index < -0.39 is 11.7 Å². The Morgan fingerprint density at radius 1 is 0.610 bits per heavy atom. The standard InChI is InChI=1S/C31H34Cl2FN5O3.C26H26Cl2FN5O/c1-31(2,3)42-30(41)37-16-13-24-27(29(40)36-38-14-5-4-6-15-38)35-39(26-12-9-22(32)18-25(26)33)28(24)21(19-37)17-20-7-10-23(34)11-8-20;27-19-6-9-23(22(28)15-19)34-25-18(14-17-4-7-20(29)8-5-17)16-30-11-10-21(25)24(31-34)26(35)32-33-12-2-1-3-13-33/h7-12,17-18H,4-6,13-16,19H2,1-3H3,(H,36,40);4-9,14-15,30H,1-3,10-13,16H2,(H,32,35)/b21-17+;18-14+. The van der Waals surface area contributed by atoms with Crippen molar-refractivity contribution in [3.05, 3.63) is 162 Å². The first kappa shape index (κ1) is 55.6. The van der Waals surface area contributed by atoms with Gasteiger partial charge >= 0.3 is 6.09 Å². The third-order valence-electron chi connectivity index (χ3n) is 13.4. The van der Waals surface area contributed by atoms with Crippen molar-refractivity contribution in [1.29, 1.82) is 0 Å². The highest BCUT2D eigenvalue weighted by molar-refractivity contribution is 6.36. The van der Waals surface area contributed by atoms with Crippen LogP contribution in [0.5, 0.6) is 0 Å². The van der Waals surface area contributed by atoms with Gasteiger partial charge in [-0.25, -0.2) is 33.0 Å². The molecule has 3 amide bonds. The predicted molar refractivity (Wildman–Crippen MR) is 300 cm³/mol. The number of amides is 3. The van der Waals surface area contributed by atoms with Crippen molar-refractivity contribution < 1.29 is 27.9 Å². The van der Waals surface area contributed by atoms with Crippen LogP contribution in [-0.4, -0.2) is 110 Å².